The molecule has 1 saturated heterocycles. The van der Waals surface area contributed by atoms with Crippen LogP contribution in [0, 0.1) is 0 Å². The van der Waals surface area contributed by atoms with Crippen molar-refractivity contribution in [2.24, 2.45) is 0 Å². The molecule has 0 aliphatic carbocycles. The fourth-order valence-electron chi connectivity index (χ4n) is 4.47. The Bertz CT molecular complexity index is 1060. The Labute approximate surface area is 189 Å². The van der Waals surface area contributed by atoms with Crippen molar-refractivity contribution in [3.8, 4) is 22.6 Å². The van der Waals surface area contributed by atoms with Crippen LogP contribution in [-0.4, -0.2) is 33.3 Å². The van der Waals surface area contributed by atoms with Gasteiger partial charge in [0.25, 0.3) is 5.91 Å². The van der Waals surface area contributed by atoms with Gasteiger partial charge >= 0.3 is 0 Å². The number of nitrogens with one attached hydrogen (secondary N) is 1. The summed E-state index contributed by atoms with van der Waals surface area (Å²) in [5.74, 6) is 1.30. The zero-order valence-electron chi connectivity index (χ0n) is 19.0. The molecule has 6 nitrogen and oxygen atoms in total. The molecule has 2 aromatic carbocycles. The van der Waals surface area contributed by atoms with E-state index in [4.69, 9.17) is 9.47 Å². The normalized spacial score (nSPS) is 17.5. The number of rotatable bonds is 5. The van der Waals surface area contributed by atoms with Gasteiger partial charge in [0.05, 0.1) is 23.6 Å². The Morgan fingerprint density at radius 1 is 0.938 bits per heavy atom. The van der Waals surface area contributed by atoms with E-state index in [1.54, 1.807) is 24.5 Å². The molecule has 0 saturated carbocycles. The van der Waals surface area contributed by atoms with Crippen LogP contribution in [0.4, 0.5) is 0 Å². The van der Waals surface area contributed by atoms with Crippen LogP contribution in [0.15, 0.2) is 67.0 Å². The van der Waals surface area contributed by atoms with Crippen LogP contribution in [0.25, 0.3) is 11.1 Å². The molecule has 0 bridgehead atoms. The molecule has 166 valence electrons. The molecule has 32 heavy (non-hydrogen) atoms. The maximum atomic E-state index is 12.8. The summed E-state index contributed by atoms with van der Waals surface area (Å²) >= 11 is 0. The summed E-state index contributed by atoms with van der Waals surface area (Å²) in [5, 5.41) is 10.9. The van der Waals surface area contributed by atoms with Crippen LogP contribution < -0.4 is 10.1 Å². The highest BCUT2D eigenvalue weighted by atomic mass is 16.5. The lowest BCUT2D eigenvalue weighted by Gasteiger charge is -2.45. The van der Waals surface area contributed by atoms with Gasteiger partial charge in [0, 0.05) is 17.2 Å². The van der Waals surface area contributed by atoms with E-state index in [0.29, 0.717) is 17.1 Å². The molecule has 0 unspecified atom stereocenters. The number of ether oxygens (including phenoxy) is 2. The highest BCUT2D eigenvalue weighted by molar-refractivity contribution is 5.94. The van der Waals surface area contributed by atoms with Crippen molar-refractivity contribution in [1.29, 1.82) is 0 Å². The van der Waals surface area contributed by atoms with Gasteiger partial charge in [-0.25, -0.2) is 0 Å². The highest BCUT2D eigenvalue weighted by Crippen LogP contribution is 2.35. The largest absolute Gasteiger partial charge is 0.457 e. The monoisotopic (exact) mass is 431 g/mol. The van der Waals surface area contributed by atoms with Gasteiger partial charge in [-0.05, 0) is 88.6 Å². The molecule has 1 aromatic heterocycles. The van der Waals surface area contributed by atoms with Crippen molar-refractivity contribution in [3.63, 3.8) is 0 Å². The molecule has 2 heterocycles. The van der Waals surface area contributed by atoms with E-state index in [0.717, 1.165) is 24.0 Å². The Hall–Kier alpha value is -3.25. The van der Waals surface area contributed by atoms with Crippen molar-refractivity contribution in [2.75, 3.05) is 0 Å². The fourth-order valence-corrected chi connectivity index (χ4v) is 4.47. The molecule has 4 rings (SSSR count). The third kappa shape index (κ3) is 5.51. The highest BCUT2D eigenvalue weighted by Gasteiger charge is 2.39. The first-order valence-electron chi connectivity index (χ1n) is 10.9. The van der Waals surface area contributed by atoms with E-state index in [1.807, 2.05) is 42.5 Å². The van der Waals surface area contributed by atoms with Gasteiger partial charge in [-0.3, -0.25) is 4.79 Å². The minimum Gasteiger partial charge on any atom is -0.457 e. The van der Waals surface area contributed by atoms with E-state index in [2.05, 4.69) is 43.2 Å². The number of hydrogen-bond donors (Lipinski definition) is 1. The third-order valence-corrected chi connectivity index (χ3v) is 5.47. The number of amides is 1. The van der Waals surface area contributed by atoms with E-state index in [9.17, 15) is 4.79 Å². The summed E-state index contributed by atoms with van der Waals surface area (Å²) in [6, 6.07) is 17.0. The molecule has 3 aromatic rings. The Morgan fingerprint density at radius 3 is 2.31 bits per heavy atom. The third-order valence-electron chi connectivity index (χ3n) is 5.47. The molecule has 1 aliphatic rings. The van der Waals surface area contributed by atoms with Crippen LogP contribution in [0.1, 0.15) is 50.9 Å². The SMILES string of the molecule is CC1(C)CC(NC(=O)c2ccc(Oc3cccc(-c4ccnnc4)c3)cc2)CC(C)(C)O1. The second kappa shape index (κ2) is 8.71. The van der Waals surface area contributed by atoms with Gasteiger partial charge < -0.3 is 14.8 Å². The van der Waals surface area contributed by atoms with Gasteiger partial charge in [0.15, 0.2) is 0 Å². The van der Waals surface area contributed by atoms with Gasteiger partial charge in [-0.1, -0.05) is 12.1 Å². The molecule has 0 radical (unpaired) electrons. The molecular weight excluding hydrogens is 402 g/mol. The first-order valence-corrected chi connectivity index (χ1v) is 10.9. The van der Waals surface area contributed by atoms with Gasteiger partial charge in [-0.2, -0.15) is 10.2 Å². The second-order valence-electron chi connectivity index (χ2n) is 9.49. The maximum Gasteiger partial charge on any atom is 0.251 e. The summed E-state index contributed by atoms with van der Waals surface area (Å²) in [7, 11) is 0. The lowest BCUT2D eigenvalue weighted by atomic mass is 9.85. The van der Waals surface area contributed by atoms with Crippen LogP contribution in [0.3, 0.4) is 0 Å². The van der Waals surface area contributed by atoms with E-state index in [1.165, 1.54) is 0 Å². The van der Waals surface area contributed by atoms with Crippen molar-refractivity contribution in [3.05, 3.63) is 72.6 Å². The molecule has 0 atom stereocenters. The van der Waals surface area contributed by atoms with Gasteiger partial charge in [-0.15, -0.1) is 0 Å². The molecule has 0 spiro atoms. The first kappa shape index (κ1) is 22.0. The van der Waals surface area contributed by atoms with Crippen molar-refractivity contribution in [2.45, 2.75) is 57.8 Å². The molecular formula is C26H29N3O3. The number of hydrogen-bond acceptors (Lipinski definition) is 5. The summed E-state index contributed by atoms with van der Waals surface area (Å²) in [6.07, 6.45) is 4.95. The minimum absolute atomic E-state index is 0.0718. The lowest BCUT2D eigenvalue weighted by Crippen LogP contribution is -2.52. The quantitative estimate of drug-likeness (QED) is 0.585. The average molecular weight is 432 g/mol. The summed E-state index contributed by atoms with van der Waals surface area (Å²) < 4.78 is 12.1. The average Bonchev–Trinajstić information content (AvgIpc) is 2.73. The van der Waals surface area contributed by atoms with Crippen molar-refractivity contribution < 1.29 is 14.3 Å². The fraction of sp³-hybridized carbons (Fsp3) is 0.346. The van der Waals surface area contributed by atoms with Gasteiger partial charge in [0.2, 0.25) is 0 Å². The van der Waals surface area contributed by atoms with Crippen molar-refractivity contribution >= 4 is 5.91 Å². The van der Waals surface area contributed by atoms with Gasteiger partial charge in [0.1, 0.15) is 11.5 Å². The molecule has 1 aliphatic heterocycles. The molecule has 1 amide bonds. The topological polar surface area (TPSA) is 73.3 Å². The summed E-state index contributed by atoms with van der Waals surface area (Å²) in [5.41, 5.74) is 2.04. The predicted octanol–water partition coefficient (Wildman–Crippen LogP) is 5.40. The Morgan fingerprint density at radius 2 is 1.66 bits per heavy atom. The number of nitrogens with zero attached hydrogens (tertiary/aromatic N) is 2. The minimum atomic E-state index is -0.266. The zero-order chi connectivity index (χ0) is 22.8. The zero-order valence-corrected chi connectivity index (χ0v) is 19.0. The number of carbonyl (C=O) groups is 1. The number of aromatic nitrogens is 2. The van der Waals surface area contributed by atoms with E-state index >= 15 is 0 Å². The van der Waals surface area contributed by atoms with Crippen LogP contribution >= 0.6 is 0 Å². The maximum absolute atomic E-state index is 12.8. The summed E-state index contributed by atoms with van der Waals surface area (Å²) in [6.45, 7) is 8.28. The lowest BCUT2D eigenvalue weighted by molar-refractivity contribution is -0.162. The van der Waals surface area contributed by atoms with E-state index < -0.39 is 0 Å². The Balaban J connectivity index is 1.41. The second-order valence-corrected chi connectivity index (χ2v) is 9.49. The molecule has 1 fully saturated rings. The summed E-state index contributed by atoms with van der Waals surface area (Å²) in [4.78, 5) is 12.8. The van der Waals surface area contributed by atoms with E-state index in [-0.39, 0.29) is 23.2 Å². The van der Waals surface area contributed by atoms with Crippen LogP contribution in [0.2, 0.25) is 0 Å². The van der Waals surface area contributed by atoms with Crippen LogP contribution in [0.5, 0.6) is 11.5 Å². The molecule has 1 N–H and O–H groups in total. The molecule has 6 heteroatoms. The number of carbonyl (C=O) groups excluding carboxylic acids is 1. The standard InChI is InChI=1S/C26H29N3O3/c1-25(2)15-21(16-26(3,4)32-25)29-24(30)18-8-10-22(11-9-18)31-23-7-5-6-19(14-23)20-12-13-27-28-17-20/h5-14,17,21H,15-16H2,1-4H3,(H,29,30). The number of benzene rings is 2. The van der Waals surface area contributed by atoms with Crippen LogP contribution in [-0.2, 0) is 4.74 Å². The first-order chi connectivity index (χ1) is 15.2. The predicted molar refractivity (Wildman–Crippen MR) is 124 cm³/mol. The van der Waals surface area contributed by atoms with Crippen molar-refractivity contribution in [1.82, 2.24) is 15.5 Å². The smallest absolute Gasteiger partial charge is 0.251 e. The Kier molecular flexibility index (Phi) is 5.98.